The Bertz CT molecular complexity index is 1250. The fraction of sp³-hybridized carbons (Fsp3) is 0.259. The van der Waals surface area contributed by atoms with Crippen LogP contribution < -0.4 is 19.5 Å². The minimum Gasteiger partial charge on any atom is -0.497 e. The van der Waals surface area contributed by atoms with Gasteiger partial charge in [-0.1, -0.05) is 24.3 Å². The van der Waals surface area contributed by atoms with Crippen molar-refractivity contribution in [3.05, 3.63) is 84.2 Å². The predicted molar refractivity (Wildman–Crippen MR) is 132 cm³/mol. The van der Waals surface area contributed by atoms with Crippen LogP contribution in [0.1, 0.15) is 22.6 Å². The van der Waals surface area contributed by atoms with Gasteiger partial charge in [0.1, 0.15) is 29.7 Å². The molecule has 0 saturated heterocycles. The van der Waals surface area contributed by atoms with E-state index in [4.69, 9.17) is 19.2 Å². The second-order valence-corrected chi connectivity index (χ2v) is 7.79. The van der Waals surface area contributed by atoms with Crippen molar-refractivity contribution in [3.63, 3.8) is 0 Å². The number of hydrogen-bond acceptors (Lipinski definition) is 5. The zero-order chi connectivity index (χ0) is 23.8. The van der Waals surface area contributed by atoms with Crippen LogP contribution >= 0.6 is 0 Å². The highest BCUT2D eigenvalue weighted by atomic mass is 16.5. The summed E-state index contributed by atoms with van der Waals surface area (Å²) in [6, 6.07) is 22.8. The quantitative estimate of drug-likeness (QED) is 0.335. The molecule has 0 fully saturated rings. The number of rotatable bonds is 11. The molecule has 1 amide bonds. The first-order valence-electron chi connectivity index (χ1n) is 11.3. The Morgan fingerprint density at radius 1 is 0.912 bits per heavy atom. The number of ether oxygens (including phenoxy) is 3. The van der Waals surface area contributed by atoms with Crippen LogP contribution in [0.15, 0.2) is 72.8 Å². The molecule has 0 spiro atoms. The van der Waals surface area contributed by atoms with Gasteiger partial charge in [0, 0.05) is 24.6 Å². The van der Waals surface area contributed by atoms with E-state index in [-0.39, 0.29) is 5.91 Å². The smallest absolute Gasteiger partial charge is 0.251 e. The van der Waals surface area contributed by atoms with Gasteiger partial charge in [0.2, 0.25) is 0 Å². The summed E-state index contributed by atoms with van der Waals surface area (Å²) in [4.78, 5) is 17.3. The van der Waals surface area contributed by atoms with E-state index < -0.39 is 0 Å². The molecule has 0 radical (unpaired) electrons. The minimum absolute atomic E-state index is 0.112. The molecule has 1 heterocycles. The van der Waals surface area contributed by atoms with E-state index in [9.17, 15) is 4.79 Å². The fourth-order valence-corrected chi connectivity index (χ4v) is 3.83. The van der Waals surface area contributed by atoms with Crippen molar-refractivity contribution in [1.29, 1.82) is 0 Å². The maximum absolute atomic E-state index is 12.4. The predicted octanol–water partition coefficient (Wildman–Crippen LogP) is 4.50. The topological polar surface area (TPSA) is 74.6 Å². The van der Waals surface area contributed by atoms with E-state index >= 15 is 0 Å². The van der Waals surface area contributed by atoms with Crippen molar-refractivity contribution in [1.82, 2.24) is 14.9 Å². The monoisotopic (exact) mass is 459 g/mol. The van der Waals surface area contributed by atoms with E-state index in [2.05, 4.69) is 16.0 Å². The van der Waals surface area contributed by atoms with Gasteiger partial charge in [-0.05, 0) is 48.9 Å². The van der Waals surface area contributed by atoms with E-state index in [0.717, 1.165) is 41.2 Å². The van der Waals surface area contributed by atoms with Gasteiger partial charge in [-0.25, -0.2) is 4.98 Å². The zero-order valence-electron chi connectivity index (χ0n) is 19.5. The standard InChI is InChI=1S/C27H29N3O4/c1-32-21-9-5-8-20(18-21)27(31)28-15-7-14-26-29-24-12-3-4-13-25(24)30(26)16-17-34-23-11-6-10-22(19-23)33-2/h3-6,8-13,18-19H,7,14-17H2,1-2H3,(H,28,31). The number of methoxy groups -OCH3 is 2. The number of benzene rings is 3. The molecule has 7 nitrogen and oxygen atoms in total. The van der Waals surface area contributed by atoms with Crippen LogP contribution in [0.2, 0.25) is 0 Å². The van der Waals surface area contributed by atoms with Crippen molar-refractivity contribution in [2.24, 2.45) is 0 Å². The Morgan fingerprint density at radius 3 is 2.47 bits per heavy atom. The molecule has 0 saturated carbocycles. The fourth-order valence-electron chi connectivity index (χ4n) is 3.83. The second-order valence-electron chi connectivity index (χ2n) is 7.79. The average Bonchev–Trinajstić information content (AvgIpc) is 3.24. The van der Waals surface area contributed by atoms with Gasteiger partial charge < -0.3 is 24.1 Å². The number of imidazole rings is 1. The minimum atomic E-state index is -0.112. The summed E-state index contributed by atoms with van der Waals surface area (Å²) in [7, 11) is 3.23. The molecule has 0 bridgehead atoms. The highest BCUT2D eigenvalue weighted by molar-refractivity contribution is 5.94. The van der Waals surface area contributed by atoms with Crippen molar-refractivity contribution < 1.29 is 19.0 Å². The maximum Gasteiger partial charge on any atom is 0.251 e. The largest absolute Gasteiger partial charge is 0.497 e. The molecule has 34 heavy (non-hydrogen) atoms. The third-order valence-corrected chi connectivity index (χ3v) is 5.55. The maximum atomic E-state index is 12.4. The summed E-state index contributed by atoms with van der Waals surface area (Å²) in [6.45, 7) is 1.73. The molecule has 1 aromatic heterocycles. The molecule has 0 atom stereocenters. The molecule has 4 rings (SSSR count). The molecule has 0 aliphatic rings. The molecule has 176 valence electrons. The number of para-hydroxylation sites is 2. The number of aryl methyl sites for hydroxylation is 1. The number of nitrogens with one attached hydrogen (secondary N) is 1. The van der Waals surface area contributed by atoms with E-state index in [0.29, 0.717) is 31.0 Å². The number of nitrogens with zero attached hydrogens (tertiary/aromatic N) is 2. The van der Waals surface area contributed by atoms with Gasteiger partial charge in [-0.15, -0.1) is 0 Å². The molecular weight excluding hydrogens is 430 g/mol. The first-order valence-corrected chi connectivity index (χ1v) is 11.3. The molecule has 7 heteroatoms. The van der Waals surface area contributed by atoms with Gasteiger partial charge in [-0.2, -0.15) is 0 Å². The Balaban J connectivity index is 1.36. The summed E-state index contributed by atoms with van der Waals surface area (Å²) in [5.74, 6) is 3.07. The summed E-state index contributed by atoms with van der Waals surface area (Å²) in [5.41, 5.74) is 2.62. The van der Waals surface area contributed by atoms with E-state index in [1.807, 2.05) is 54.6 Å². The Labute approximate surface area is 199 Å². The molecule has 0 aliphatic heterocycles. The summed E-state index contributed by atoms with van der Waals surface area (Å²) < 4.78 is 18.6. The Morgan fingerprint density at radius 2 is 1.65 bits per heavy atom. The summed E-state index contributed by atoms with van der Waals surface area (Å²) >= 11 is 0. The van der Waals surface area contributed by atoms with Crippen molar-refractivity contribution >= 4 is 16.9 Å². The SMILES string of the molecule is COc1cccc(OCCn2c(CCCNC(=O)c3cccc(OC)c3)nc3ccccc32)c1. The molecule has 4 aromatic rings. The first-order chi connectivity index (χ1) is 16.7. The van der Waals surface area contributed by atoms with Gasteiger partial charge >= 0.3 is 0 Å². The molecule has 3 aromatic carbocycles. The number of amides is 1. The van der Waals surface area contributed by atoms with Crippen LogP contribution in [0, 0.1) is 0 Å². The summed E-state index contributed by atoms with van der Waals surface area (Å²) in [5, 5.41) is 2.98. The molecule has 1 N–H and O–H groups in total. The van der Waals surface area contributed by atoms with Crippen LogP contribution in [0.5, 0.6) is 17.2 Å². The highest BCUT2D eigenvalue weighted by Gasteiger charge is 2.11. The lowest BCUT2D eigenvalue weighted by Gasteiger charge is -2.12. The van der Waals surface area contributed by atoms with Gasteiger partial charge in [0.05, 0.1) is 31.8 Å². The van der Waals surface area contributed by atoms with E-state index in [1.165, 1.54) is 0 Å². The molecule has 0 unspecified atom stereocenters. The zero-order valence-corrected chi connectivity index (χ0v) is 19.5. The Hall–Kier alpha value is -4.00. The van der Waals surface area contributed by atoms with Crippen molar-refractivity contribution in [2.75, 3.05) is 27.4 Å². The van der Waals surface area contributed by atoms with Crippen molar-refractivity contribution in [3.8, 4) is 17.2 Å². The number of hydrogen-bond donors (Lipinski definition) is 1. The first kappa shape index (κ1) is 23.2. The summed E-state index contributed by atoms with van der Waals surface area (Å²) in [6.07, 6.45) is 1.52. The van der Waals surface area contributed by atoms with Crippen LogP contribution in [0.25, 0.3) is 11.0 Å². The average molecular weight is 460 g/mol. The van der Waals surface area contributed by atoms with Gasteiger partial charge in [-0.3, -0.25) is 4.79 Å². The van der Waals surface area contributed by atoms with Crippen LogP contribution in [0.4, 0.5) is 0 Å². The molecular formula is C27H29N3O4. The number of aromatic nitrogens is 2. The molecule has 0 aliphatic carbocycles. The number of carbonyl (C=O) groups excluding carboxylic acids is 1. The van der Waals surface area contributed by atoms with Crippen molar-refractivity contribution in [2.45, 2.75) is 19.4 Å². The third kappa shape index (κ3) is 5.67. The third-order valence-electron chi connectivity index (χ3n) is 5.55. The lowest BCUT2D eigenvalue weighted by Crippen LogP contribution is -2.25. The Kier molecular flexibility index (Phi) is 7.65. The second kappa shape index (κ2) is 11.2. The van der Waals surface area contributed by atoms with Crippen LogP contribution in [0.3, 0.4) is 0 Å². The normalized spacial score (nSPS) is 10.8. The highest BCUT2D eigenvalue weighted by Crippen LogP contribution is 2.20. The number of fused-ring (bicyclic) bond motifs is 1. The van der Waals surface area contributed by atoms with Gasteiger partial charge in [0.15, 0.2) is 0 Å². The van der Waals surface area contributed by atoms with Gasteiger partial charge in [0.25, 0.3) is 5.91 Å². The van der Waals surface area contributed by atoms with Crippen LogP contribution in [-0.4, -0.2) is 42.8 Å². The van der Waals surface area contributed by atoms with E-state index in [1.54, 1.807) is 26.4 Å². The van der Waals surface area contributed by atoms with Crippen LogP contribution in [-0.2, 0) is 13.0 Å². The lowest BCUT2D eigenvalue weighted by atomic mass is 10.2. The lowest BCUT2D eigenvalue weighted by molar-refractivity contribution is 0.0952. The number of carbonyl (C=O) groups is 1.